The van der Waals surface area contributed by atoms with Gasteiger partial charge in [0, 0.05) is 29.7 Å². The summed E-state index contributed by atoms with van der Waals surface area (Å²) < 4.78 is 5.73. The number of aromatic nitrogens is 2. The number of anilines is 1. The van der Waals surface area contributed by atoms with Gasteiger partial charge in [-0.15, -0.1) is 0 Å². The summed E-state index contributed by atoms with van der Waals surface area (Å²) in [6.07, 6.45) is 7.74. The molecule has 5 N–H and O–H groups in total. The van der Waals surface area contributed by atoms with Crippen molar-refractivity contribution in [3.05, 3.63) is 53.1 Å². The highest BCUT2D eigenvalue weighted by molar-refractivity contribution is 6.11. The van der Waals surface area contributed by atoms with Crippen LogP contribution >= 0.6 is 0 Å². The van der Waals surface area contributed by atoms with E-state index >= 15 is 0 Å². The number of carbonyl (C=O) groups is 2. The van der Waals surface area contributed by atoms with Crippen molar-refractivity contribution in [2.24, 2.45) is 22.6 Å². The van der Waals surface area contributed by atoms with E-state index < -0.39 is 0 Å². The molecule has 35 heavy (non-hydrogen) atoms. The third-order valence-corrected chi connectivity index (χ3v) is 5.67. The fourth-order valence-corrected chi connectivity index (χ4v) is 3.58. The van der Waals surface area contributed by atoms with E-state index in [2.05, 4.69) is 20.3 Å². The Kier molecular flexibility index (Phi) is 8.01. The number of H-pyrrole nitrogens is 1. The smallest absolute Gasteiger partial charge is 0.250 e. The summed E-state index contributed by atoms with van der Waals surface area (Å²) in [6, 6.07) is 3.75. The Morgan fingerprint density at radius 1 is 1.34 bits per heavy atom. The van der Waals surface area contributed by atoms with E-state index in [0.717, 1.165) is 24.0 Å². The number of ketones is 1. The molecule has 1 aromatic heterocycles. The van der Waals surface area contributed by atoms with E-state index in [-0.39, 0.29) is 29.4 Å². The maximum Gasteiger partial charge on any atom is 0.250 e. The van der Waals surface area contributed by atoms with Gasteiger partial charge in [-0.3, -0.25) is 9.59 Å². The van der Waals surface area contributed by atoms with Crippen molar-refractivity contribution in [2.45, 2.75) is 40.5 Å². The van der Waals surface area contributed by atoms with E-state index in [1.807, 2.05) is 45.9 Å². The number of amides is 1. The van der Waals surface area contributed by atoms with Crippen LogP contribution in [0.2, 0.25) is 0 Å². The van der Waals surface area contributed by atoms with Gasteiger partial charge in [0.2, 0.25) is 0 Å². The monoisotopic (exact) mass is 476 g/mol. The molecule has 0 atom stereocenters. The molecule has 1 aliphatic carbocycles. The van der Waals surface area contributed by atoms with Crippen molar-refractivity contribution < 1.29 is 14.3 Å². The Hall–Kier alpha value is -4.01. The lowest BCUT2D eigenvalue weighted by Crippen LogP contribution is -2.15. The lowest BCUT2D eigenvalue weighted by Gasteiger charge is -2.18. The Morgan fingerprint density at radius 3 is 2.63 bits per heavy atom. The number of hydrogen-bond donors (Lipinski definition) is 4. The molecule has 3 rings (SSSR count). The largest absolute Gasteiger partial charge is 0.494 e. The Labute approximate surface area is 205 Å². The van der Waals surface area contributed by atoms with E-state index in [1.54, 1.807) is 7.11 Å². The molecule has 0 aliphatic heterocycles. The molecule has 0 bridgehead atoms. The predicted molar refractivity (Wildman–Crippen MR) is 139 cm³/mol. The van der Waals surface area contributed by atoms with Crippen LogP contribution in [0.25, 0.3) is 11.3 Å². The van der Waals surface area contributed by atoms with Crippen LogP contribution in [-0.4, -0.2) is 40.8 Å². The molecule has 0 radical (unpaired) electrons. The van der Waals surface area contributed by atoms with Crippen LogP contribution in [0.1, 0.15) is 61.1 Å². The van der Waals surface area contributed by atoms with Crippen molar-refractivity contribution in [2.75, 3.05) is 12.4 Å². The third-order valence-electron chi connectivity index (χ3n) is 5.67. The number of benzene rings is 1. The minimum absolute atomic E-state index is 0.0254. The van der Waals surface area contributed by atoms with Crippen molar-refractivity contribution in [3.63, 3.8) is 0 Å². The molecule has 1 aliphatic rings. The Morgan fingerprint density at radius 2 is 2.06 bits per heavy atom. The average molecular weight is 477 g/mol. The number of methoxy groups -OCH3 is 1. The van der Waals surface area contributed by atoms with E-state index in [1.165, 1.54) is 18.5 Å². The van der Waals surface area contributed by atoms with Gasteiger partial charge in [-0.1, -0.05) is 26.0 Å². The fraction of sp³-hybridized carbons (Fsp3) is 0.346. The molecular formula is C26H32N6O3. The van der Waals surface area contributed by atoms with Gasteiger partial charge in [-0.2, -0.15) is 4.99 Å². The number of amidine groups is 1. The zero-order valence-electron chi connectivity index (χ0n) is 20.7. The van der Waals surface area contributed by atoms with Gasteiger partial charge >= 0.3 is 0 Å². The topological polar surface area (TPSA) is 146 Å². The first-order valence-corrected chi connectivity index (χ1v) is 11.5. The highest BCUT2D eigenvalue weighted by Gasteiger charge is 2.29. The number of rotatable bonds is 10. The molecule has 9 nitrogen and oxygen atoms in total. The molecule has 1 fully saturated rings. The van der Waals surface area contributed by atoms with Crippen LogP contribution in [0.3, 0.4) is 0 Å². The lowest BCUT2D eigenvalue weighted by atomic mass is 9.98. The van der Waals surface area contributed by atoms with Crippen LogP contribution in [-0.2, 0) is 4.79 Å². The number of imidazole rings is 1. The molecule has 2 aromatic rings. The summed E-state index contributed by atoms with van der Waals surface area (Å²) in [7, 11) is 1.56. The molecule has 184 valence electrons. The number of carbonyl (C=O) groups excluding carboxylic acids is 2. The number of ether oxygens (including phenoxy) is 1. The number of aryl methyl sites for hydroxylation is 1. The number of allylic oxidation sites excluding steroid dienone is 2. The summed E-state index contributed by atoms with van der Waals surface area (Å²) in [6.45, 7) is 7.42. The van der Waals surface area contributed by atoms with Gasteiger partial charge in [-0.25, -0.2) is 4.98 Å². The standard InChI is InChI=1S/C26H32N6O3/c1-6-16(12-27)22-15(4)7-10-18(24(22)35-5)30-19(11-21(28)32-26(34)17-8-9-17)25-29-13-20(31-25)23(33)14(2)3/h6-7,10-14,17,27,30H,8-9H2,1-5H3,(H,29,31)(H2,28,32,34)/b16-6+,19-11+,27-12?. The number of aromatic amines is 1. The third kappa shape index (κ3) is 5.92. The number of nitrogens with zero attached hydrogens (tertiary/aromatic N) is 2. The van der Waals surface area contributed by atoms with Crippen molar-refractivity contribution in [1.82, 2.24) is 9.97 Å². The normalized spacial score (nSPS) is 14.7. The first-order chi connectivity index (χ1) is 16.7. The first kappa shape index (κ1) is 25.6. The van der Waals surface area contributed by atoms with Crippen LogP contribution < -0.4 is 15.8 Å². The minimum Gasteiger partial charge on any atom is -0.494 e. The van der Waals surface area contributed by atoms with Crippen LogP contribution in [0.4, 0.5) is 5.69 Å². The highest BCUT2D eigenvalue weighted by Crippen LogP contribution is 2.37. The molecule has 0 saturated heterocycles. The fourth-order valence-electron chi connectivity index (χ4n) is 3.58. The van der Waals surface area contributed by atoms with Crippen molar-refractivity contribution in [1.29, 1.82) is 5.41 Å². The maximum atomic E-state index is 12.5. The van der Waals surface area contributed by atoms with Gasteiger partial charge < -0.3 is 26.2 Å². The van der Waals surface area contributed by atoms with Crippen LogP contribution in [0.5, 0.6) is 5.75 Å². The summed E-state index contributed by atoms with van der Waals surface area (Å²) >= 11 is 0. The quantitative estimate of drug-likeness (QED) is 0.228. The summed E-state index contributed by atoms with van der Waals surface area (Å²) in [5, 5.41) is 11.1. The molecule has 1 amide bonds. The SMILES string of the molecule is C/C=C(\C=N)c1c(C)ccc(N/C(=C/C(N)=NC(=O)C2CC2)c2ncc(C(=O)C(C)C)[nH]2)c1OC. The number of Topliss-reactive ketones (excluding diaryl/α,β-unsaturated/α-hetero) is 1. The number of hydrogen-bond acceptors (Lipinski definition) is 6. The number of nitrogens with two attached hydrogens (primary N) is 1. The minimum atomic E-state index is -0.243. The van der Waals surface area contributed by atoms with Gasteiger partial charge in [0.05, 0.1) is 24.7 Å². The van der Waals surface area contributed by atoms with Crippen molar-refractivity contribution >= 4 is 40.7 Å². The number of aliphatic imine (C=N–C) groups is 1. The van der Waals surface area contributed by atoms with Gasteiger partial charge in [0.25, 0.3) is 5.91 Å². The highest BCUT2D eigenvalue weighted by atomic mass is 16.5. The predicted octanol–water partition coefficient (Wildman–Crippen LogP) is 4.37. The second-order valence-electron chi connectivity index (χ2n) is 8.72. The molecule has 1 saturated carbocycles. The second-order valence-corrected chi connectivity index (χ2v) is 8.72. The average Bonchev–Trinajstić information content (AvgIpc) is 3.57. The van der Waals surface area contributed by atoms with Gasteiger partial charge in [0.15, 0.2) is 11.6 Å². The summed E-state index contributed by atoms with van der Waals surface area (Å²) in [5.74, 6) is 0.330. The van der Waals surface area contributed by atoms with Crippen molar-refractivity contribution in [3.8, 4) is 5.75 Å². The molecule has 9 heteroatoms. The lowest BCUT2D eigenvalue weighted by molar-refractivity contribution is -0.118. The molecule has 0 spiro atoms. The summed E-state index contributed by atoms with van der Waals surface area (Å²) in [5.41, 5.74) is 9.87. The van der Waals surface area contributed by atoms with E-state index in [0.29, 0.717) is 34.2 Å². The first-order valence-electron chi connectivity index (χ1n) is 11.5. The molecular weight excluding hydrogens is 444 g/mol. The zero-order chi connectivity index (χ0) is 25.7. The van der Waals surface area contributed by atoms with E-state index in [9.17, 15) is 9.59 Å². The summed E-state index contributed by atoms with van der Waals surface area (Å²) in [4.78, 5) is 36.0. The number of nitrogens with one attached hydrogen (secondary N) is 3. The zero-order valence-corrected chi connectivity index (χ0v) is 20.7. The van der Waals surface area contributed by atoms with E-state index in [4.69, 9.17) is 15.9 Å². The van der Waals surface area contributed by atoms with Gasteiger partial charge in [0.1, 0.15) is 17.3 Å². The molecule has 0 unspecified atom stereocenters. The maximum absolute atomic E-state index is 12.5. The van der Waals surface area contributed by atoms with Crippen LogP contribution in [0.15, 0.2) is 35.5 Å². The van der Waals surface area contributed by atoms with Crippen LogP contribution in [0, 0.1) is 24.2 Å². The molecule has 1 heterocycles. The second kappa shape index (κ2) is 10.9. The van der Waals surface area contributed by atoms with Gasteiger partial charge in [-0.05, 0) is 43.9 Å². The molecule has 1 aromatic carbocycles. The Bertz CT molecular complexity index is 1230. The Balaban J connectivity index is 2.09.